The SMILES string of the molecule is CS(=O)(=O)CCCC(N)CC1CCCC1. The van der Waals surface area contributed by atoms with Gasteiger partial charge in [0.15, 0.2) is 0 Å². The van der Waals surface area contributed by atoms with Gasteiger partial charge in [-0.05, 0) is 25.2 Å². The van der Waals surface area contributed by atoms with Crippen LogP contribution in [0.25, 0.3) is 0 Å². The Morgan fingerprint density at radius 2 is 1.93 bits per heavy atom. The summed E-state index contributed by atoms with van der Waals surface area (Å²) in [5.74, 6) is 1.09. The van der Waals surface area contributed by atoms with Crippen molar-refractivity contribution in [3.63, 3.8) is 0 Å². The zero-order valence-corrected chi connectivity index (χ0v) is 10.4. The lowest BCUT2D eigenvalue weighted by atomic mass is 9.96. The first-order chi connectivity index (χ1) is 6.97. The number of hydrogen-bond acceptors (Lipinski definition) is 3. The second-order valence-corrected chi connectivity index (χ2v) is 7.18. The van der Waals surface area contributed by atoms with Gasteiger partial charge in [-0.3, -0.25) is 0 Å². The van der Waals surface area contributed by atoms with Gasteiger partial charge in [0.1, 0.15) is 9.84 Å². The molecule has 1 rings (SSSR count). The van der Waals surface area contributed by atoms with Crippen molar-refractivity contribution >= 4 is 9.84 Å². The first-order valence-electron chi connectivity index (χ1n) is 5.90. The van der Waals surface area contributed by atoms with Gasteiger partial charge >= 0.3 is 0 Å². The summed E-state index contributed by atoms with van der Waals surface area (Å²) >= 11 is 0. The Labute approximate surface area is 93.3 Å². The van der Waals surface area contributed by atoms with Gasteiger partial charge in [-0.25, -0.2) is 8.42 Å². The van der Waals surface area contributed by atoms with Crippen molar-refractivity contribution in [3.8, 4) is 0 Å². The van der Waals surface area contributed by atoms with E-state index >= 15 is 0 Å². The molecular formula is C11H23NO2S. The van der Waals surface area contributed by atoms with Crippen LogP contribution in [-0.4, -0.2) is 26.5 Å². The summed E-state index contributed by atoms with van der Waals surface area (Å²) in [4.78, 5) is 0. The minimum Gasteiger partial charge on any atom is -0.328 e. The first-order valence-corrected chi connectivity index (χ1v) is 7.97. The van der Waals surface area contributed by atoms with Gasteiger partial charge in [0.2, 0.25) is 0 Å². The minimum atomic E-state index is -2.80. The normalized spacial score (nSPS) is 20.7. The van der Waals surface area contributed by atoms with Crippen LogP contribution in [0.4, 0.5) is 0 Å². The van der Waals surface area contributed by atoms with E-state index in [1.807, 2.05) is 0 Å². The maximum atomic E-state index is 10.9. The van der Waals surface area contributed by atoms with Gasteiger partial charge in [-0.2, -0.15) is 0 Å². The lowest BCUT2D eigenvalue weighted by molar-refractivity contribution is 0.425. The van der Waals surface area contributed by atoms with Gasteiger partial charge in [-0.1, -0.05) is 25.7 Å². The number of hydrogen-bond donors (Lipinski definition) is 1. The van der Waals surface area contributed by atoms with Crippen LogP contribution in [0.2, 0.25) is 0 Å². The fraction of sp³-hybridized carbons (Fsp3) is 1.00. The van der Waals surface area contributed by atoms with Crippen molar-refractivity contribution in [2.45, 2.75) is 51.0 Å². The molecule has 1 atom stereocenters. The highest BCUT2D eigenvalue weighted by atomic mass is 32.2. The molecule has 1 aliphatic rings. The fourth-order valence-corrected chi connectivity index (χ4v) is 3.09. The van der Waals surface area contributed by atoms with E-state index in [4.69, 9.17) is 5.73 Å². The Bertz CT molecular complexity index is 268. The maximum absolute atomic E-state index is 10.9. The van der Waals surface area contributed by atoms with Crippen LogP contribution in [0.15, 0.2) is 0 Å². The first kappa shape index (κ1) is 13.0. The molecule has 0 amide bonds. The molecule has 0 radical (unpaired) electrons. The van der Waals surface area contributed by atoms with Crippen molar-refractivity contribution in [3.05, 3.63) is 0 Å². The molecule has 3 nitrogen and oxygen atoms in total. The molecule has 1 saturated carbocycles. The average molecular weight is 233 g/mol. The third-order valence-electron chi connectivity index (χ3n) is 3.20. The third-order valence-corrected chi connectivity index (χ3v) is 4.23. The molecule has 1 unspecified atom stereocenters. The molecule has 0 aromatic carbocycles. The Morgan fingerprint density at radius 3 is 2.47 bits per heavy atom. The molecule has 0 aromatic heterocycles. The summed E-state index contributed by atoms with van der Waals surface area (Å²) in [6.07, 6.45) is 9.27. The highest BCUT2D eigenvalue weighted by Gasteiger charge is 2.18. The molecule has 0 aliphatic heterocycles. The lowest BCUT2D eigenvalue weighted by Crippen LogP contribution is -2.23. The zero-order chi connectivity index (χ0) is 11.3. The summed E-state index contributed by atoms with van der Waals surface area (Å²) in [7, 11) is -2.80. The van der Waals surface area contributed by atoms with E-state index in [1.54, 1.807) is 0 Å². The predicted molar refractivity (Wildman–Crippen MR) is 63.5 cm³/mol. The summed E-state index contributed by atoms with van der Waals surface area (Å²) in [5.41, 5.74) is 5.99. The van der Waals surface area contributed by atoms with E-state index in [0.717, 1.165) is 18.8 Å². The number of sulfone groups is 1. The highest BCUT2D eigenvalue weighted by molar-refractivity contribution is 7.90. The van der Waals surface area contributed by atoms with Crippen LogP contribution in [0, 0.1) is 5.92 Å². The van der Waals surface area contributed by atoms with Crippen molar-refractivity contribution in [2.75, 3.05) is 12.0 Å². The van der Waals surface area contributed by atoms with Gasteiger partial charge < -0.3 is 5.73 Å². The Morgan fingerprint density at radius 1 is 1.33 bits per heavy atom. The minimum absolute atomic E-state index is 0.204. The topological polar surface area (TPSA) is 60.2 Å². The second kappa shape index (κ2) is 5.85. The van der Waals surface area contributed by atoms with Crippen LogP contribution in [0.3, 0.4) is 0 Å². The van der Waals surface area contributed by atoms with Crippen LogP contribution in [-0.2, 0) is 9.84 Å². The summed E-state index contributed by atoms with van der Waals surface area (Å²) < 4.78 is 21.8. The quantitative estimate of drug-likeness (QED) is 0.760. The van der Waals surface area contributed by atoms with Gasteiger partial charge in [0.05, 0.1) is 0 Å². The average Bonchev–Trinajstić information content (AvgIpc) is 2.54. The summed E-state index contributed by atoms with van der Waals surface area (Å²) in [6.45, 7) is 0. The highest BCUT2D eigenvalue weighted by Crippen LogP contribution is 2.28. The number of nitrogens with two attached hydrogens (primary N) is 1. The fourth-order valence-electron chi connectivity index (χ4n) is 2.40. The van der Waals surface area contributed by atoms with Crippen LogP contribution >= 0.6 is 0 Å². The molecule has 0 spiro atoms. The molecule has 2 N–H and O–H groups in total. The Hall–Kier alpha value is -0.0900. The molecule has 0 bridgehead atoms. The van der Waals surface area contributed by atoms with Crippen LogP contribution in [0.1, 0.15) is 44.9 Å². The van der Waals surface area contributed by atoms with Crippen molar-refractivity contribution in [1.82, 2.24) is 0 Å². The van der Waals surface area contributed by atoms with Gasteiger partial charge in [0.25, 0.3) is 0 Å². The zero-order valence-electron chi connectivity index (χ0n) is 9.61. The van der Waals surface area contributed by atoms with Gasteiger partial charge in [-0.15, -0.1) is 0 Å². The van der Waals surface area contributed by atoms with Crippen molar-refractivity contribution in [2.24, 2.45) is 11.7 Å². The molecule has 4 heteroatoms. The smallest absolute Gasteiger partial charge is 0.147 e. The monoisotopic (exact) mass is 233 g/mol. The predicted octanol–water partition coefficient (Wildman–Crippen LogP) is 1.72. The second-order valence-electron chi connectivity index (χ2n) is 4.92. The van der Waals surface area contributed by atoms with E-state index in [1.165, 1.54) is 31.9 Å². The van der Waals surface area contributed by atoms with E-state index in [-0.39, 0.29) is 11.8 Å². The van der Waals surface area contributed by atoms with E-state index in [2.05, 4.69) is 0 Å². The molecule has 1 fully saturated rings. The molecule has 0 heterocycles. The molecule has 15 heavy (non-hydrogen) atoms. The van der Waals surface area contributed by atoms with Crippen LogP contribution in [0.5, 0.6) is 0 Å². The van der Waals surface area contributed by atoms with E-state index in [0.29, 0.717) is 6.42 Å². The largest absolute Gasteiger partial charge is 0.328 e. The number of rotatable bonds is 6. The van der Waals surface area contributed by atoms with Gasteiger partial charge in [0, 0.05) is 18.1 Å². The van der Waals surface area contributed by atoms with Crippen LogP contribution < -0.4 is 5.73 Å². The third kappa shape index (κ3) is 6.15. The molecule has 90 valence electrons. The standard InChI is InChI=1S/C11H23NO2S/c1-15(13,14)8-4-7-11(12)9-10-5-2-3-6-10/h10-11H,2-9,12H2,1H3. The molecule has 0 aromatic rings. The molecule has 1 aliphatic carbocycles. The maximum Gasteiger partial charge on any atom is 0.147 e. The Balaban J connectivity index is 2.10. The lowest BCUT2D eigenvalue weighted by Gasteiger charge is -2.15. The van der Waals surface area contributed by atoms with Crippen molar-refractivity contribution in [1.29, 1.82) is 0 Å². The van der Waals surface area contributed by atoms with E-state index < -0.39 is 9.84 Å². The molecule has 0 saturated heterocycles. The Kier molecular flexibility index (Phi) is 5.06. The summed E-state index contributed by atoms with van der Waals surface area (Å²) in [5, 5.41) is 0. The molecular weight excluding hydrogens is 210 g/mol. The summed E-state index contributed by atoms with van der Waals surface area (Å²) in [6, 6.07) is 0.204. The van der Waals surface area contributed by atoms with Crippen molar-refractivity contribution < 1.29 is 8.42 Å². The van der Waals surface area contributed by atoms with E-state index in [9.17, 15) is 8.42 Å².